The van der Waals surface area contributed by atoms with Crippen molar-refractivity contribution < 1.29 is 26.3 Å². The van der Waals surface area contributed by atoms with Gasteiger partial charge in [0.15, 0.2) is 5.92 Å². The molecular weight excluding hydrogens is 162 g/mol. The Bertz CT molecular complexity index is 93.9. The monoisotopic (exact) mass is 164 g/mol. The normalized spacial score (nSPS) is 14.4. The molecule has 0 aromatic heterocycles. The number of alkyl halides is 6. The zero-order chi connectivity index (χ0) is 8.58. The Morgan fingerprint density at radius 1 is 0.800 bits per heavy atom. The maximum Gasteiger partial charge on any atom is 0.400 e. The Kier molecular flexibility index (Phi) is 2.22. The first-order chi connectivity index (χ1) is 4.15. The minimum absolute atomic E-state index is 3.74. The first-order valence-corrected chi connectivity index (χ1v) is 2.04. The molecule has 0 atom stereocenters. The van der Waals surface area contributed by atoms with Crippen molar-refractivity contribution in [2.24, 2.45) is 5.92 Å². The Morgan fingerprint density at radius 3 is 1.00 bits per heavy atom. The third kappa shape index (κ3) is 2.45. The third-order valence-corrected chi connectivity index (χ3v) is 0.705. The van der Waals surface area contributed by atoms with E-state index in [1.54, 1.807) is 0 Å². The van der Waals surface area contributed by atoms with Gasteiger partial charge < -0.3 is 0 Å². The SMILES string of the molecule is [CH]C(C(F)(F)F)C(F)(F)F. The summed E-state index contributed by atoms with van der Waals surface area (Å²) < 4.78 is 66.6. The summed E-state index contributed by atoms with van der Waals surface area (Å²) in [4.78, 5) is 0. The molecule has 0 N–H and O–H groups in total. The molecule has 0 bridgehead atoms. The van der Waals surface area contributed by atoms with Crippen molar-refractivity contribution in [3.05, 3.63) is 6.92 Å². The highest BCUT2D eigenvalue weighted by molar-refractivity contribution is 4.76. The Balaban J connectivity index is 4.23. The van der Waals surface area contributed by atoms with E-state index in [-0.39, 0.29) is 0 Å². The van der Waals surface area contributed by atoms with Crippen LogP contribution in [0.1, 0.15) is 0 Å². The number of hydrogen-bond donors (Lipinski definition) is 0. The predicted molar refractivity (Wildman–Crippen MR) is 19.9 cm³/mol. The van der Waals surface area contributed by atoms with Crippen LogP contribution in [0.25, 0.3) is 0 Å². The topological polar surface area (TPSA) is 0 Å². The molecule has 0 rings (SSSR count). The fraction of sp³-hybridized carbons (Fsp3) is 0.750. The quantitative estimate of drug-likeness (QED) is 0.482. The summed E-state index contributed by atoms with van der Waals surface area (Å²) in [5, 5.41) is 0. The van der Waals surface area contributed by atoms with Crippen LogP contribution in [0.4, 0.5) is 26.3 Å². The van der Waals surface area contributed by atoms with Gasteiger partial charge in [0.1, 0.15) is 0 Å². The summed E-state index contributed by atoms with van der Waals surface area (Å²) in [6, 6.07) is 0. The summed E-state index contributed by atoms with van der Waals surface area (Å²) in [7, 11) is 0. The van der Waals surface area contributed by atoms with E-state index in [1.165, 1.54) is 0 Å². The highest BCUT2D eigenvalue weighted by Crippen LogP contribution is 2.37. The maximum absolute atomic E-state index is 11.1. The van der Waals surface area contributed by atoms with Crippen LogP contribution in [0.5, 0.6) is 0 Å². The summed E-state index contributed by atoms with van der Waals surface area (Å²) in [5.41, 5.74) is 0. The molecule has 0 aromatic rings. The molecule has 0 aliphatic rings. The highest BCUT2D eigenvalue weighted by atomic mass is 19.4. The lowest BCUT2D eigenvalue weighted by atomic mass is 10.2. The Hall–Kier alpha value is -0.420. The second-order valence-electron chi connectivity index (χ2n) is 1.56. The zero-order valence-electron chi connectivity index (χ0n) is 4.42. The third-order valence-electron chi connectivity index (χ3n) is 0.705. The molecule has 0 fully saturated rings. The van der Waals surface area contributed by atoms with Crippen molar-refractivity contribution in [2.75, 3.05) is 0 Å². The number of rotatable bonds is 0. The Morgan fingerprint density at radius 2 is 1.00 bits per heavy atom. The maximum atomic E-state index is 11.1. The fourth-order valence-corrected chi connectivity index (χ4v) is 0.186. The van der Waals surface area contributed by atoms with Gasteiger partial charge in [-0.15, -0.1) is 0 Å². The molecule has 0 spiro atoms. The van der Waals surface area contributed by atoms with Crippen LogP contribution in [0, 0.1) is 12.8 Å². The molecule has 0 amide bonds. The van der Waals surface area contributed by atoms with Crippen LogP contribution in [0.3, 0.4) is 0 Å². The van der Waals surface area contributed by atoms with Gasteiger partial charge >= 0.3 is 12.4 Å². The zero-order valence-corrected chi connectivity index (χ0v) is 4.42. The molecule has 0 nitrogen and oxygen atoms in total. The smallest absolute Gasteiger partial charge is 0.170 e. The van der Waals surface area contributed by atoms with Gasteiger partial charge in [-0.3, -0.25) is 0 Å². The van der Waals surface area contributed by atoms with Crippen LogP contribution < -0.4 is 0 Å². The minimum Gasteiger partial charge on any atom is -0.170 e. The van der Waals surface area contributed by atoms with Crippen molar-refractivity contribution in [3.63, 3.8) is 0 Å². The summed E-state index contributed by atoms with van der Waals surface area (Å²) in [5.74, 6) is -3.74. The van der Waals surface area contributed by atoms with Crippen LogP contribution in [0.15, 0.2) is 0 Å². The van der Waals surface area contributed by atoms with Gasteiger partial charge in [0, 0.05) is 0 Å². The van der Waals surface area contributed by atoms with Crippen molar-refractivity contribution in [2.45, 2.75) is 12.4 Å². The van der Waals surface area contributed by atoms with E-state index in [9.17, 15) is 26.3 Å². The second kappa shape index (κ2) is 2.32. The van der Waals surface area contributed by atoms with Gasteiger partial charge in [0.25, 0.3) is 0 Å². The summed E-state index contributed by atoms with van der Waals surface area (Å²) >= 11 is 0. The largest absolute Gasteiger partial charge is 0.400 e. The molecule has 0 aromatic carbocycles. The molecule has 0 saturated carbocycles. The van der Waals surface area contributed by atoms with Crippen LogP contribution in [-0.2, 0) is 0 Å². The molecule has 60 valence electrons. The number of halogens is 6. The van der Waals surface area contributed by atoms with Gasteiger partial charge in [-0.05, 0) is 6.92 Å². The first-order valence-electron chi connectivity index (χ1n) is 2.04. The minimum atomic E-state index is -5.40. The van der Waals surface area contributed by atoms with Gasteiger partial charge in [-0.2, -0.15) is 26.3 Å². The van der Waals surface area contributed by atoms with E-state index >= 15 is 0 Å². The summed E-state index contributed by atoms with van der Waals surface area (Å²) in [6.45, 7) is 3.78. The van der Waals surface area contributed by atoms with E-state index in [0.29, 0.717) is 0 Å². The van der Waals surface area contributed by atoms with E-state index < -0.39 is 18.3 Å². The van der Waals surface area contributed by atoms with Crippen LogP contribution in [0.2, 0.25) is 0 Å². The lowest BCUT2D eigenvalue weighted by Crippen LogP contribution is -2.33. The molecule has 0 aliphatic carbocycles. The van der Waals surface area contributed by atoms with Gasteiger partial charge in [-0.1, -0.05) is 0 Å². The standard InChI is InChI=1S/C4H2F6/c1-2(3(5,6)7)4(8,9)10/h1-2H. The second-order valence-corrected chi connectivity index (χ2v) is 1.56. The number of hydrogen-bond acceptors (Lipinski definition) is 0. The molecular formula is C4H2F6. The van der Waals surface area contributed by atoms with Gasteiger partial charge in [0.05, 0.1) is 0 Å². The molecule has 6 heteroatoms. The average Bonchev–Trinajstić information content (AvgIpc) is 1.59. The van der Waals surface area contributed by atoms with Crippen LogP contribution in [-0.4, -0.2) is 12.4 Å². The van der Waals surface area contributed by atoms with E-state index in [0.717, 1.165) is 0 Å². The molecule has 10 heavy (non-hydrogen) atoms. The Labute approximate surface area is 52.8 Å². The van der Waals surface area contributed by atoms with Crippen LogP contribution >= 0.6 is 0 Å². The van der Waals surface area contributed by atoms with E-state index in [1.807, 2.05) is 0 Å². The van der Waals surface area contributed by atoms with Crippen molar-refractivity contribution >= 4 is 0 Å². The highest BCUT2D eigenvalue weighted by Gasteiger charge is 2.53. The summed E-state index contributed by atoms with van der Waals surface area (Å²) in [6.07, 6.45) is -10.8. The van der Waals surface area contributed by atoms with Gasteiger partial charge in [0.2, 0.25) is 0 Å². The molecule has 0 saturated heterocycles. The molecule has 0 aliphatic heterocycles. The van der Waals surface area contributed by atoms with E-state index in [4.69, 9.17) is 0 Å². The van der Waals surface area contributed by atoms with Crippen molar-refractivity contribution in [3.8, 4) is 0 Å². The van der Waals surface area contributed by atoms with Crippen molar-refractivity contribution in [1.29, 1.82) is 0 Å². The van der Waals surface area contributed by atoms with Gasteiger partial charge in [-0.25, -0.2) is 0 Å². The first kappa shape index (κ1) is 9.58. The molecule has 0 unspecified atom stereocenters. The average molecular weight is 164 g/mol. The van der Waals surface area contributed by atoms with E-state index in [2.05, 4.69) is 6.92 Å². The molecule has 2 radical (unpaired) electrons. The predicted octanol–water partition coefficient (Wildman–Crippen LogP) is 2.44. The fourth-order valence-electron chi connectivity index (χ4n) is 0.186. The molecule has 0 heterocycles. The van der Waals surface area contributed by atoms with Crippen molar-refractivity contribution in [1.82, 2.24) is 0 Å². The lowest BCUT2D eigenvalue weighted by molar-refractivity contribution is -0.268. The lowest BCUT2D eigenvalue weighted by Gasteiger charge is -2.17.